The molecule has 2 heterocycles. The van der Waals surface area contributed by atoms with E-state index in [0.717, 1.165) is 12.8 Å². The Morgan fingerprint density at radius 3 is 2.23 bits per heavy atom. The highest BCUT2D eigenvalue weighted by Crippen LogP contribution is 2.21. The van der Waals surface area contributed by atoms with E-state index >= 15 is 0 Å². The van der Waals surface area contributed by atoms with E-state index < -0.39 is 0 Å². The Labute approximate surface area is 183 Å². The van der Waals surface area contributed by atoms with Crippen molar-refractivity contribution in [1.29, 1.82) is 0 Å². The summed E-state index contributed by atoms with van der Waals surface area (Å²) in [5, 5.41) is 0. The van der Waals surface area contributed by atoms with Gasteiger partial charge >= 0.3 is 0 Å². The molecule has 0 spiro atoms. The molecule has 1 aromatic carbocycles. The Kier molecular flexibility index (Phi) is 8.01. The summed E-state index contributed by atoms with van der Waals surface area (Å²) >= 11 is 0. The van der Waals surface area contributed by atoms with Gasteiger partial charge in [0.1, 0.15) is 5.82 Å². The molecule has 8 heteroatoms. The highest BCUT2D eigenvalue weighted by Gasteiger charge is 2.33. The second-order valence-corrected chi connectivity index (χ2v) is 8.26. The summed E-state index contributed by atoms with van der Waals surface area (Å²) in [5.41, 5.74) is 0.445. The van der Waals surface area contributed by atoms with Crippen molar-refractivity contribution in [2.45, 2.75) is 26.7 Å². The van der Waals surface area contributed by atoms with E-state index in [1.807, 2.05) is 23.6 Å². The van der Waals surface area contributed by atoms with Crippen molar-refractivity contribution in [3.8, 4) is 0 Å². The predicted octanol–water partition coefficient (Wildman–Crippen LogP) is 1.69. The van der Waals surface area contributed by atoms with Crippen LogP contribution in [-0.2, 0) is 9.59 Å². The van der Waals surface area contributed by atoms with Gasteiger partial charge in [0.2, 0.25) is 11.8 Å². The summed E-state index contributed by atoms with van der Waals surface area (Å²) < 4.78 is 13.1. The van der Waals surface area contributed by atoms with Crippen molar-refractivity contribution < 1.29 is 18.8 Å². The molecular formula is C23H33FN4O3. The number of hydrogen-bond acceptors (Lipinski definition) is 4. The van der Waals surface area contributed by atoms with E-state index in [9.17, 15) is 18.8 Å². The number of piperidine rings is 1. The molecule has 0 aliphatic carbocycles. The van der Waals surface area contributed by atoms with Gasteiger partial charge in [0.05, 0.1) is 12.5 Å². The van der Waals surface area contributed by atoms with Crippen LogP contribution >= 0.6 is 0 Å². The van der Waals surface area contributed by atoms with Gasteiger partial charge in [0, 0.05) is 57.9 Å². The molecule has 7 nitrogen and oxygen atoms in total. The fraction of sp³-hybridized carbons (Fsp3) is 0.609. The molecule has 2 aliphatic heterocycles. The van der Waals surface area contributed by atoms with Crippen molar-refractivity contribution in [1.82, 2.24) is 19.6 Å². The second kappa shape index (κ2) is 10.7. The number of piperazine rings is 1. The number of likely N-dealkylation sites (tertiary alicyclic amines) is 1. The Morgan fingerprint density at radius 1 is 0.968 bits per heavy atom. The van der Waals surface area contributed by atoms with Crippen LogP contribution in [0.2, 0.25) is 0 Å². The van der Waals surface area contributed by atoms with Gasteiger partial charge in [0.15, 0.2) is 0 Å². The first-order valence-corrected chi connectivity index (χ1v) is 11.3. The third-order valence-corrected chi connectivity index (χ3v) is 6.31. The van der Waals surface area contributed by atoms with Gasteiger partial charge in [-0.05, 0) is 51.0 Å². The van der Waals surface area contributed by atoms with Gasteiger partial charge in [0.25, 0.3) is 5.91 Å². The van der Waals surface area contributed by atoms with Crippen LogP contribution in [0.15, 0.2) is 24.3 Å². The molecule has 0 bridgehead atoms. The topological polar surface area (TPSA) is 64.2 Å². The standard InChI is InChI=1S/C23H33FN4O3/c1-3-26(4-2)21(29)17-25-12-14-27(15-13-25)23(31)19-6-5-11-28(16-19)22(30)18-7-9-20(24)10-8-18/h7-10,19H,3-6,11-17H2,1-2H3. The summed E-state index contributed by atoms with van der Waals surface area (Å²) in [4.78, 5) is 45.6. The number of amides is 3. The lowest BCUT2D eigenvalue weighted by Crippen LogP contribution is -2.54. The zero-order chi connectivity index (χ0) is 22.4. The first kappa shape index (κ1) is 23.2. The smallest absolute Gasteiger partial charge is 0.253 e. The van der Waals surface area contributed by atoms with E-state index in [1.165, 1.54) is 24.3 Å². The number of likely N-dealkylation sites (N-methyl/N-ethyl adjacent to an activating group) is 1. The van der Waals surface area contributed by atoms with Crippen LogP contribution in [0.3, 0.4) is 0 Å². The predicted molar refractivity (Wildman–Crippen MR) is 116 cm³/mol. The second-order valence-electron chi connectivity index (χ2n) is 8.26. The maximum Gasteiger partial charge on any atom is 0.253 e. The molecule has 1 atom stereocenters. The maximum absolute atomic E-state index is 13.1. The minimum absolute atomic E-state index is 0.0892. The van der Waals surface area contributed by atoms with Crippen LogP contribution < -0.4 is 0 Å². The molecule has 2 saturated heterocycles. The quantitative estimate of drug-likeness (QED) is 0.686. The number of carbonyl (C=O) groups is 3. The number of carbonyl (C=O) groups excluding carboxylic acids is 3. The Hall–Kier alpha value is -2.48. The SMILES string of the molecule is CCN(CC)C(=O)CN1CCN(C(=O)C2CCCN(C(=O)c3ccc(F)cc3)C2)CC1. The van der Waals surface area contributed by atoms with E-state index in [2.05, 4.69) is 4.90 Å². The van der Waals surface area contributed by atoms with Crippen LogP contribution in [0.1, 0.15) is 37.0 Å². The number of rotatable bonds is 6. The van der Waals surface area contributed by atoms with Crippen LogP contribution in [0.25, 0.3) is 0 Å². The van der Waals surface area contributed by atoms with E-state index in [-0.39, 0.29) is 29.5 Å². The molecule has 31 heavy (non-hydrogen) atoms. The molecule has 0 radical (unpaired) electrons. The van der Waals surface area contributed by atoms with Crippen LogP contribution in [0, 0.1) is 11.7 Å². The molecule has 3 rings (SSSR count). The van der Waals surface area contributed by atoms with Gasteiger partial charge in [-0.1, -0.05) is 0 Å². The molecular weight excluding hydrogens is 399 g/mol. The molecule has 0 aromatic heterocycles. The first-order valence-electron chi connectivity index (χ1n) is 11.3. The maximum atomic E-state index is 13.1. The lowest BCUT2D eigenvalue weighted by molar-refractivity contribution is -0.139. The van der Waals surface area contributed by atoms with E-state index in [4.69, 9.17) is 0 Å². The van der Waals surface area contributed by atoms with Crippen molar-refractivity contribution in [2.24, 2.45) is 5.92 Å². The van der Waals surface area contributed by atoms with Gasteiger partial charge < -0.3 is 14.7 Å². The lowest BCUT2D eigenvalue weighted by atomic mass is 9.95. The summed E-state index contributed by atoms with van der Waals surface area (Å²) in [6.07, 6.45) is 1.55. The molecule has 0 N–H and O–H groups in total. The third kappa shape index (κ3) is 5.81. The van der Waals surface area contributed by atoms with Crippen LogP contribution in [-0.4, -0.2) is 96.2 Å². The van der Waals surface area contributed by atoms with Gasteiger partial charge in [-0.25, -0.2) is 4.39 Å². The Balaban J connectivity index is 1.51. The fourth-order valence-electron chi connectivity index (χ4n) is 4.39. The molecule has 0 saturated carbocycles. The molecule has 1 unspecified atom stereocenters. The Morgan fingerprint density at radius 2 is 1.61 bits per heavy atom. The van der Waals surface area contributed by atoms with Gasteiger partial charge in [-0.2, -0.15) is 0 Å². The van der Waals surface area contributed by atoms with Crippen molar-refractivity contribution in [3.63, 3.8) is 0 Å². The van der Waals surface area contributed by atoms with Crippen LogP contribution in [0.4, 0.5) is 4.39 Å². The highest BCUT2D eigenvalue weighted by molar-refractivity contribution is 5.94. The summed E-state index contributed by atoms with van der Waals surface area (Å²) in [6.45, 7) is 9.36. The highest BCUT2D eigenvalue weighted by atomic mass is 19.1. The lowest BCUT2D eigenvalue weighted by Gasteiger charge is -2.39. The zero-order valence-corrected chi connectivity index (χ0v) is 18.6. The minimum Gasteiger partial charge on any atom is -0.342 e. The number of benzene rings is 1. The third-order valence-electron chi connectivity index (χ3n) is 6.31. The van der Waals surface area contributed by atoms with Crippen LogP contribution in [0.5, 0.6) is 0 Å². The number of nitrogens with zero attached hydrogens (tertiary/aromatic N) is 4. The Bertz CT molecular complexity index is 774. The van der Waals surface area contributed by atoms with E-state index in [0.29, 0.717) is 64.5 Å². The average Bonchev–Trinajstić information content (AvgIpc) is 2.80. The fourth-order valence-corrected chi connectivity index (χ4v) is 4.39. The number of hydrogen-bond donors (Lipinski definition) is 0. The molecule has 2 aliphatic rings. The monoisotopic (exact) mass is 432 g/mol. The molecule has 170 valence electrons. The largest absolute Gasteiger partial charge is 0.342 e. The molecule has 2 fully saturated rings. The average molecular weight is 433 g/mol. The van der Waals surface area contributed by atoms with E-state index in [1.54, 1.807) is 4.90 Å². The zero-order valence-electron chi connectivity index (χ0n) is 18.6. The van der Waals surface area contributed by atoms with Crippen molar-refractivity contribution in [3.05, 3.63) is 35.6 Å². The van der Waals surface area contributed by atoms with Gasteiger partial charge in [-0.3, -0.25) is 19.3 Å². The normalized spacial score (nSPS) is 19.9. The number of halogens is 1. The molecule has 1 aromatic rings. The van der Waals surface area contributed by atoms with Crippen molar-refractivity contribution >= 4 is 17.7 Å². The van der Waals surface area contributed by atoms with Crippen molar-refractivity contribution in [2.75, 3.05) is 58.9 Å². The van der Waals surface area contributed by atoms with Gasteiger partial charge in [-0.15, -0.1) is 0 Å². The summed E-state index contributed by atoms with van der Waals surface area (Å²) in [5.74, 6) is -0.515. The summed E-state index contributed by atoms with van der Waals surface area (Å²) in [6, 6.07) is 5.54. The first-order chi connectivity index (χ1) is 14.9. The molecule has 3 amide bonds. The minimum atomic E-state index is -0.374. The summed E-state index contributed by atoms with van der Waals surface area (Å²) in [7, 11) is 0.